The Hall–Kier alpha value is -6.73. The molecule has 3 N–H and O–H groups in total. The summed E-state index contributed by atoms with van der Waals surface area (Å²) in [5.41, 5.74) is 3.59. The molecule has 4 fully saturated rings. The molecule has 6 aliphatic heterocycles. The van der Waals surface area contributed by atoms with E-state index >= 15 is 8.78 Å². The number of fused-ring (bicyclic) bond motifs is 2. The number of aromatic nitrogens is 3. The SMILES string of the molecule is O=C1CCN(c2ccc(N3CCC(O)(CC(=O)N4CC5(C4)CN(c4ccc(-c6cc(F)c7c(c6)C(=O)N(C(C(=O)Nc6nccs6)c6ncn8c6CCC8)C7)cc4)C5)CC3)c(F)c2)C(=O)N1. The van der Waals surface area contributed by atoms with Crippen LogP contribution in [0, 0.1) is 17.0 Å². The van der Waals surface area contributed by atoms with Gasteiger partial charge in [-0.1, -0.05) is 12.1 Å². The first kappa shape index (κ1) is 41.9. The number of likely N-dealkylation sites (tertiary alicyclic amines) is 1. The van der Waals surface area contributed by atoms with Gasteiger partial charge in [-0.15, -0.1) is 11.3 Å². The van der Waals surface area contributed by atoms with Crippen molar-refractivity contribution in [2.24, 2.45) is 5.41 Å². The average Bonchev–Trinajstić information content (AvgIpc) is 4.09. The second kappa shape index (κ2) is 16.0. The lowest BCUT2D eigenvalue weighted by Crippen LogP contribution is -2.73. The zero-order chi connectivity index (χ0) is 45.5. The minimum atomic E-state index is -1.20. The number of amides is 6. The smallest absolute Gasteiger partial charge is 0.328 e. The van der Waals surface area contributed by atoms with Gasteiger partial charge in [0.05, 0.1) is 36.3 Å². The van der Waals surface area contributed by atoms with Crippen molar-refractivity contribution in [1.82, 2.24) is 29.7 Å². The molecule has 8 heterocycles. The van der Waals surface area contributed by atoms with Crippen LogP contribution >= 0.6 is 11.3 Å². The predicted molar refractivity (Wildman–Crippen MR) is 240 cm³/mol. The molecule has 2 aromatic heterocycles. The number of nitrogens with zero attached hydrogens (tertiary/aromatic N) is 8. The number of aryl methyl sites for hydroxylation is 1. The van der Waals surface area contributed by atoms with E-state index in [1.54, 1.807) is 41.0 Å². The highest BCUT2D eigenvalue weighted by Gasteiger charge is 2.54. The molecule has 1 spiro atoms. The highest BCUT2D eigenvalue weighted by molar-refractivity contribution is 7.13. The summed E-state index contributed by atoms with van der Waals surface area (Å²) in [6.07, 6.45) is 5.64. The molecule has 5 aromatic rings. The number of urea groups is 1. The first-order valence-electron chi connectivity index (χ1n) is 22.2. The van der Waals surface area contributed by atoms with Crippen molar-refractivity contribution in [3.05, 3.63) is 107 Å². The van der Waals surface area contributed by atoms with E-state index in [-0.39, 0.29) is 54.3 Å². The highest BCUT2D eigenvalue weighted by atomic mass is 32.1. The molecule has 4 saturated heterocycles. The Kier molecular flexibility index (Phi) is 10.2. The van der Waals surface area contributed by atoms with Gasteiger partial charge in [0.15, 0.2) is 11.2 Å². The summed E-state index contributed by atoms with van der Waals surface area (Å²) in [6, 6.07) is 13.8. The minimum absolute atomic E-state index is 0.00521. The number of imidazole rings is 1. The molecular formula is C47H46F2N10O6S. The molecule has 1 unspecified atom stereocenters. The van der Waals surface area contributed by atoms with Crippen LogP contribution in [0.2, 0.25) is 0 Å². The van der Waals surface area contributed by atoms with E-state index in [1.807, 2.05) is 33.7 Å². The first-order valence-corrected chi connectivity index (χ1v) is 23.1. The Labute approximate surface area is 381 Å². The predicted octanol–water partition coefficient (Wildman–Crippen LogP) is 5.08. The number of carbonyl (C=O) groups excluding carboxylic acids is 5. The van der Waals surface area contributed by atoms with Crippen molar-refractivity contribution in [1.29, 1.82) is 0 Å². The average molecular weight is 917 g/mol. The number of benzene rings is 3. The van der Waals surface area contributed by atoms with Gasteiger partial charge in [-0.25, -0.2) is 23.5 Å². The van der Waals surface area contributed by atoms with Crippen molar-refractivity contribution >= 4 is 63.2 Å². The maximum absolute atomic E-state index is 15.9. The Balaban J connectivity index is 0.684. The van der Waals surface area contributed by atoms with Crippen molar-refractivity contribution in [3.63, 3.8) is 0 Å². The number of carbonyl (C=O) groups is 5. The number of piperidine rings is 1. The summed E-state index contributed by atoms with van der Waals surface area (Å²) in [5, 5.41) is 18.6. The third kappa shape index (κ3) is 7.43. The summed E-state index contributed by atoms with van der Waals surface area (Å²) in [6.45, 7) is 4.31. The van der Waals surface area contributed by atoms with Crippen LogP contribution in [0.3, 0.4) is 0 Å². The Morgan fingerprint density at radius 2 is 1.64 bits per heavy atom. The van der Waals surface area contributed by atoms with Crippen LogP contribution in [-0.4, -0.2) is 111 Å². The van der Waals surface area contributed by atoms with Gasteiger partial charge < -0.3 is 29.3 Å². The lowest BCUT2D eigenvalue weighted by atomic mass is 9.72. The second-order valence-corrected chi connectivity index (χ2v) is 19.3. The summed E-state index contributed by atoms with van der Waals surface area (Å²) in [7, 11) is 0. The van der Waals surface area contributed by atoms with E-state index in [1.165, 1.54) is 33.3 Å². The Bertz CT molecular complexity index is 2800. The van der Waals surface area contributed by atoms with Gasteiger partial charge in [0.25, 0.3) is 11.8 Å². The van der Waals surface area contributed by atoms with Crippen LogP contribution in [0.15, 0.2) is 72.5 Å². The van der Waals surface area contributed by atoms with Crippen LogP contribution in [0.1, 0.15) is 65.5 Å². The molecule has 3 aromatic carbocycles. The summed E-state index contributed by atoms with van der Waals surface area (Å²) in [5.74, 6) is -2.39. The van der Waals surface area contributed by atoms with E-state index in [2.05, 4.69) is 25.5 Å². The Morgan fingerprint density at radius 1 is 0.864 bits per heavy atom. The quantitative estimate of drug-likeness (QED) is 0.171. The van der Waals surface area contributed by atoms with Gasteiger partial charge in [0.1, 0.15) is 11.6 Å². The van der Waals surface area contributed by atoms with Gasteiger partial charge >= 0.3 is 6.03 Å². The number of anilines is 4. The summed E-state index contributed by atoms with van der Waals surface area (Å²) in [4.78, 5) is 82.5. The number of rotatable bonds is 10. The number of aliphatic hydroxyl groups is 1. The van der Waals surface area contributed by atoms with E-state index < -0.39 is 41.1 Å². The van der Waals surface area contributed by atoms with E-state index in [4.69, 9.17) is 0 Å². The largest absolute Gasteiger partial charge is 0.389 e. The zero-order valence-corrected chi connectivity index (χ0v) is 36.7. The molecule has 6 aliphatic rings. The number of hydrogen-bond donors (Lipinski definition) is 3. The van der Waals surface area contributed by atoms with Gasteiger partial charge in [0.2, 0.25) is 11.8 Å². The third-order valence-electron chi connectivity index (χ3n) is 14.1. The fourth-order valence-corrected chi connectivity index (χ4v) is 11.1. The molecule has 0 aliphatic carbocycles. The fourth-order valence-electron chi connectivity index (χ4n) is 10.6. The molecule has 16 nitrogen and oxygen atoms in total. The second-order valence-electron chi connectivity index (χ2n) is 18.5. The van der Waals surface area contributed by atoms with Gasteiger partial charge in [0, 0.05) is 104 Å². The maximum atomic E-state index is 15.9. The topological polar surface area (TPSA) is 177 Å². The van der Waals surface area contributed by atoms with Crippen LogP contribution in [0.4, 0.5) is 35.8 Å². The number of imide groups is 1. The summed E-state index contributed by atoms with van der Waals surface area (Å²) >= 11 is 1.27. The molecule has 1 atom stereocenters. The van der Waals surface area contributed by atoms with Gasteiger partial charge in [-0.3, -0.25) is 34.7 Å². The third-order valence-corrected chi connectivity index (χ3v) is 14.8. The molecule has 11 rings (SSSR count). The number of thiazole rings is 1. The van der Waals surface area contributed by atoms with Crippen molar-refractivity contribution < 1.29 is 37.9 Å². The molecule has 66 heavy (non-hydrogen) atoms. The lowest BCUT2D eigenvalue weighted by Gasteiger charge is -2.61. The van der Waals surface area contributed by atoms with E-state index in [9.17, 15) is 29.1 Å². The highest BCUT2D eigenvalue weighted by Crippen LogP contribution is 2.44. The van der Waals surface area contributed by atoms with Gasteiger partial charge in [-0.05, 0) is 79.3 Å². The lowest BCUT2D eigenvalue weighted by molar-refractivity contribution is -0.151. The normalized spacial score (nSPS) is 19.9. The molecule has 340 valence electrons. The van der Waals surface area contributed by atoms with E-state index in [0.29, 0.717) is 66.8 Å². The monoisotopic (exact) mass is 916 g/mol. The number of halogens is 2. The number of nitrogens with one attached hydrogen (secondary N) is 2. The van der Waals surface area contributed by atoms with Crippen LogP contribution in [-0.2, 0) is 33.9 Å². The molecular weight excluding hydrogens is 871 g/mol. The van der Waals surface area contributed by atoms with Crippen LogP contribution < -0.4 is 25.3 Å². The van der Waals surface area contributed by atoms with Crippen molar-refractivity contribution in [3.8, 4) is 11.1 Å². The molecule has 19 heteroatoms. The van der Waals surface area contributed by atoms with Crippen LogP contribution in [0.5, 0.6) is 0 Å². The van der Waals surface area contributed by atoms with Crippen molar-refractivity contribution in [2.45, 2.75) is 63.3 Å². The van der Waals surface area contributed by atoms with E-state index in [0.717, 1.165) is 49.4 Å². The maximum Gasteiger partial charge on any atom is 0.328 e. The molecule has 6 amide bonds. The molecule has 0 bridgehead atoms. The molecule has 0 radical (unpaired) electrons. The Morgan fingerprint density at radius 3 is 2.36 bits per heavy atom. The standard InChI is InChI=1S/C47H46F2N10O6S/c48-34-19-29(18-32-33(34)22-59(43(32)63)41(42(62)53-44-50-12-17-66-44)40-37-2-1-13-55(37)27-51-40)28-3-5-30(6-4-28)56-23-46(24-56)25-57(26-46)39(61)21-47(65)10-15-54(16-11-47)36-8-7-31(20-35(36)49)58-14-9-38(60)52-45(58)64/h3-8,12,17-20,27,41,65H,1-2,9-11,13-16,21-26H2,(H,50,53,62)(H,52,60,64). The zero-order valence-electron chi connectivity index (χ0n) is 35.8. The number of hydrogen-bond acceptors (Lipinski definition) is 11. The summed E-state index contributed by atoms with van der Waals surface area (Å²) < 4.78 is 33.2. The minimum Gasteiger partial charge on any atom is -0.389 e. The molecule has 0 saturated carbocycles. The van der Waals surface area contributed by atoms with Gasteiger partial charge in [-0.2, -0.15) is 0 Å². The fraction of sp³-hybridized carbons (Fsp3) is 0.383. The first-order chi connectivity index (χ1) is 31.8. The van der Waals surface area contributed by atoms with Crippen molar-refractivity contribution in [2.75, 3.05) is 65.8 Å². The van der Waals surface area contributed by atoms with Crippen LogP contribution in [0.25, 0.3) is 11.1 Å².